The molecule has 1 amide bonds. The van der Waals surface area contributed by atoms with E-state index in [1.165, 1.54) is 23.1 Å². The van der Waals surface area contributed by atoms with Gasteiger partial charge in [-0.25, -0.2) is 0 Å². The normalized spacial score (nSPS) is 17.1. The van der Waals surface area contributed by atoms with E-state index in [0.29, 0.717) is 39.9 Å². The van der Waals surface area contributed by atoms with Crippen LogP contribution in [0.2, 0.25) is 10.0 Å². The fraction of sp³-hybridized carbons (Fsp3) is 0.185. The van der Waals surface area contributed by atoms with E-state index in [-0.39, 0.29) is 23.6 Å². The maximum Gasteiger partial charge on any atom is 0.295 e. The number of ether oxygens (including phenoxy) is 1. The van der Waals surface area contributed by atoms with Crippen molar-refractivity contribution in [2.45, 2.75) is 19.4 Å². The smallest absolute Gasteiger partial charge is 0.295 e. The standard InChI is InChI=1S/C27H23Cl2NO5/c1-2-35-22-15-18(8-11-21(22)29)25(32)23-24(17-4-3-5-20(31)14-17)30(27(34)26(23)33)13-12-16-6-9-19(28)10-7-16/h3-11,14-15,24,31-32H,2,12-13H2,1H3/b25-23-. The minimum absolute atomic E-state index is 0.0177. The van der Waals surface area contributed by atoms with Crippen molar-refractivity contribution < 1.29 is 24.5 Å². The predicted octanol–water partition coefficient (Wildman–Crippen LogP) is 5.76. The van der Waals surface area contributed by atoms with Gasteiger partial charge in [0.2, 0.25) is 0 Å². The summed E-state index contributed by atoms with van der Waals surface area (Å²) >= 11 is 12.1. The van der Waals surface area contributed by atoms with Crippen molar-refractivity contribution >= 4 is 40.7 Å². The lowest BCUT2D eigenvalue weighted by atomic mass is 9.95. The molecule has 0 bridgehead atoms. The van der Waals surface area contributed by atoms with Crippen LogP contribution in [0.1, 0.15) is 29.7 Å². The molecule has 35 heavy (non-hydrogen) atoms. The van der Waals surface area contributed by atoms with Gasteiger partial charge >= 0.3 is 0 Å². The number of amides is 1. The van der Waals surface area contributed by atoms with E-state index in [0.717, 1.165) is 5.56 Å². The maximum atomic E-state index is 13.2. The highest BCUT2D eigenvalue weighted by atomic mass is 35.5. The first kappa shape index (κ1) is 24.6. The Morgan fingerprint density at radius 3 is 2.46 bits per heavy atom. The Morgan fingerprint density at radius 2 is 1.77 bits per heavy atom. The van der Waals surface area contributed by atoms with Crippen LogP contribution in [0.3, 0.4) is 0 Å². The number of aliphatic hydroxyl groups excluding tert-OH is 1. The molecule has 8 heteroatoms. The van der Waals surface area contributed by atoms with Gasteiger partial charge in [0.25, 0.3) is 11.7 Å². The zero-order chi connectivity index (χ0) is 25.1. The second-order valence-electron chi connectivity index (χ2n) is 8.04. The quantitative estimate of drug-likeness (QED) is 0.239. The van der Waals surface area contributed by atoms with Crippen LogP contribution < -0.4 is 4.74 Å². The number of ketones is 1. The molecule has 2 N–H and O–H groups in total. The minimum atomic E-state index is -0.888. The molecule has 0 radical (unpaired) electrons. The number of Topliss-reactive ketones (excluding diaryl/α,β-unsaturated/α-hetero) is 1. The van der Waals surface area contributed by atoms with E-state index in [1.54, 1.807) is 43.3 Å². The van der Waals surface area contributed by atoms with E-state index in [2.05, 4.69) is 0 Å². The second-order valence-corrected chi connectivity index (χ2v) is 8.89. The SMILES string of the molecule is CCOc1cc(/C(O)=C2/C(=O)C(=O)N(CCc3ccc(Cl)cc3)C2c2cccc(O)c2)ccc1Cl. The Kier molecular flexibility index (Phi) is 7.34. The van der Waals surface area contributed by atoms with Crippen LogP contribution in [0.25, 0.3) is 5.76 Å². The van der Waals surface area contributed by atoms with Crippen molar-refractivity contribution in [2.24, 2.45) is 0 Å². The molecule has 1 aliphatic heterocycles. The highest BCUT2D eigenvalue weighted by Crippen LogP contribution is 2.41. The Morgan fingerprint density at radius 1 is 1.03 bits per heavy atom. The lowest BCUT2D eigenvalue weighted by Crippen LogP contribution is -2.31. The number of halogens is 2. The fourth-order valence-corrected chi connectivity index (χ4v) is 4.42. The molecule has 3 aromatic rings. The maximum absolute atomic E-state index is 13.2. The Labute approximate surface area is 213 Å². The van der Waals surface area contributed by atoms with Crippen LogP contribution in [0.15, 0.2) is 72.3 Å². The molecular weight excluding hydrogens is 489 g/mol. The summed E-state index contributed by atoms with van der Waals surface area (Å²) in [6.45, 7) is 2.38. The molecule has 0 aliphatic carbocycles. The van der Waals surface area contributed by atoms with Gasteiger partial charge in [-0.05, 0) is 66.9 Å². The van der Waals surface area contributed by atoms with E-state index in [1.807, 2.05) is 12.1 Å². The topological polar surface area (TPSA) is 87.1 Å². The molecule has 0 spiro atoms. The molecule has 1 atom stereocenters. The van der Waals surface area contributed by atoms with Crippen LogP contribution >= 0.6 is 23.2 Å². The number of benzene rings is 3. The van der Waals surface area contributed by atoms with Gasteiger partial charge in [-0.2, -0.15) is 0 Å². The molecule has 180 valence electrons. The van der Waals surface area contributed by atoms with E-state index in [4.69, 9.17) is 27.9 Å². The highest BCUT2D eigenvalue weighted by Gasteiger charge is 2.46. The number of nitrogens with zero attached hydrogens (tertiary/aromatic N) is 1. The first-order valence-electron chi connectivity index (χ1n) is 11.0. The number of rotatable bonds is 7. The van der Waals surface area contributed by atoms with Crippen molar-refractivity contribution in [1.82, 2.24) is 4.90 Å². The number of phenols is 1. The Bertz CT molecular complexity index is 1300. The summed E-state index contributed by atoms with van der Waals surface area (Å²) in [6, 6.07) is 17.3. The van der Waals surface area contributed by atoms with Gasteiger partial charge < -0.3 is 19.8 Å². The van der Waals surface area contributed by atoms with E-state index >= 15 is 0 Å². The largest absolute Gasteiger partial charge is 0.508 e. The second kappa shape index (κ2) is 10.4. The average molecular weight is 512 g/mol. The monoisotopic (exact) mass is 511 g/mol. The molecule has 4 rings (SSSR count). The zero-order valence-corrected chi connectivity index (χ0v) is 20.4. The zero-order valence-electron chi connectivity index (χ0n) is 18.9. The van der Waals surface area contributed by atoms with Gasteiger partial charge in [0.15, 0.2) is 0 Å². The number of carbonyl (C=O) groups is 2. The first-order chi connectivity index (χ1) is 16.8. The lowest BCUT2D eigenvalue weighted by molar-refractivity contribution is -0.139. The van der Waals surface area contributed by atoms with Crippen LogP contribution in [0.4, 0.5) is 0 Å². The molecule has 1 aliphatic rings. The minimum Gasteiger partial charge on any atom is -0.508 e. The molecule has 6 nitrogen and oxygen atoms in total. The average Bonchev–Trinajstić information content (AvgIpc) is 3.09. The molecule has 3 aromatic carbocycles. The first-order valence-corrected chi connectivity index (χ1v) is 11.8. The van der Waals surface area contributed by atoms with Crippen molar-refractivity contribution in [3.63, 3.8) is 0 Å². The number of hydrogen-bond donors (Lipinski definition) is 2. The number of hydrogen-bond acceptors (Lipinski definition) is 5. The summed E-state index contributed by atoms with van der Waals surface area (Å²) < 4.78 is 5.51. The van der Waals surface area contributed by atoms with Crippen molar-refractivity contribution in [3.8, 4) is 11.5 Å². The molecule has 1 fully saturated rings. The highest BCUT2D eigenvalue weighted by molar-refractivity contribution is 6.46. The number of likely N-dealkylation sites (tertiary alicyclic amines) is 1. The van der Waals surface area contributed by atoms with Crippen LogP contribution in [-0.4, -0.2) is 40.0 Å². The van der Waals surface area contributed by atoms with Gasteiger partial charge in [-0.1, -0.05) is 47.5 Å². The summed E-state index contributed by atoms with van der Waals surface area (Å²) in [7, 11) is 0. The van der Waals surface area contributed by atoms with E-state index in [9.17, 15) is 19.8 Å². The summed E-state index contributed by atoms with van der Waals surface area (Å²) in [5.41, 5.74) is 1.66. The summed E-state index contributed by atoms with van der Waals surface area (Å²) in [5, 5.41) is 22.3. The van der Waals surface area contributed by atoms with E-state index < -0.39 is 17.7 Å². The van der Waals surface area contributed by atoms with Gasteiger partial charge in [0.1, 0.15) is 17.3 Å². The molecule has 1 heterocycles. The Hall–Kier alpha value is -3.48. The number of aromatic hydroxyl groups is 1. The third-order valence-corrected chi connectivity index (χ3v) is 6.35. The third kappa shape index (κ3) is 5.14. The number of aliphatic hydroxyl groups is 1. The van der Waals surface area contributed by atoms with Crippen molar-refractivity contribution in [1.29, 1.82) is 0 Å². The fourth-order valence-electron chi connectivity index (χ4n) is 4.12. The van der Waals surface area contributed by atoms with Crippen LogP contribution in [0, 0.1) is 0 Å². The number of phenolic OH excluding ortho intramolecular Hbond substituents is 1. The molecule has 1 unspecified atom stereocenters. The molecule has 0 aromatic heterocycles. The van der Waals surface area contributed by atoms with Gasteiger partial charge in [0.05, 0.1) is 23.2 Å². The van der Waals surface area contributed by atoms with Crippen molar-refractivity contribution in [2.75, 3.05) is 13.2 Å². The predicted molar refractivity (Wildman–Crippen MR) is 135 cm³/mol. The number of carbonyl (C=O) groups excluding carboxylic acids is 2. The van der Waals surface area contributed by atoms with Crippen LogP contribution in [0.5, 0.6) is 11.5 Å². The third-order valence-electron chi connectivity index (χ3n) is 5.79. The van der Waals surface area contributed by atoms with Gasteiger partial charge in [0, 0.05) is 17.1 Å². The summed E-state index contributed by atoms with van der Waals surface area (Å²) in [6.07, 6.45) is 0.467. The molecule has 1 saturated heterocycles. The van der Waals surface area contributed by atoms with Gasteiger partial charge in [-0.15, -0.1) is 0 Å². The summed E-state index contributed by atoms with van der Waals surface area (Å²) in [4.78, 5) is 27.7. The molecule has 0 saturated carbocycles. The van der Waals surface area contributed by atoms with Gasteiger partial charge in [-0.3, -0.25) is 9.59 Å². The van der Waals surface area contributed by atoms with Crippen LogP contribution in [-0.2, 0) is 16.0 Å². The molecular formula is C27H23Cl2NO5. The lowest BCUT2D eigenvalue weighted by Gasteiger charge is -2.25. The summed E-state index contributed by atoms with van der Waals surface area (Å²) in [5.74, 6) is -1.55. The van der Waals surface area contributed by atoms with Crippen molar-refractivity contribution in [3.05, 3.63) is 99.0 Å². The Balaban J connectivity index is 1.79.